The lowest BCUT2D eigenvalue weighted by molar-refractivity contribution is 0.102. The third kappa shape index (κ3) is 4.90. The van der Waals surface area contributed by atoms with Crippen LogP contribution in [0.2, 0.25) is 0 Å². The Hall–Kier alpha value is -2.55. The molecule has 0 saturated carbocycles. The van der Waals surface area contributed by atoms with Gasteiger partial charge in [0, 0.05) is 30.6 Å². The Morgan fingerprint density at radius 3 is 2.52 bits per heavy atom. The standard InChI is InChI=1S/C21H23N3O3S2/c1-4-6-15-9-11-16(12-10-15)19-14-28-21(22-19)23-20(25)17-7-5-8-18(13-17)29(26,27)24(2)3/h5,7-14H,4,6H2,1-3H3,(H,22,23,25). The minimum Gasteiger partial charge on any atom is -0.298 e. The number of benzene rings is 2. The van der Waals surface area contributed by atoms with Gasteiger partial charge >= 0.3 is 0 Å². The molecule has 8 heteroatoms. The number of anilines is 1. The number of amides is 1. The first-order valence-corrected chi connectivity index (χ1v) is 11.5. The highest BCUT2D eigenvalue weighted by atomic mass is 32.2. The van der Waals surface area contributed by atoms with Crippen molar-refractivity contribution in [3.05, 3.63) is 65.0 Å². The van der Waals surface area contributed by atoms with Crippen molar-refractivity contribution in [1.82, 2.24) is 9.29 Å². The van der Waals surface area contributed by atoms with Crippen LogP contribution in [0.25, 0.3) is 11.3 Å². The molecule has 0 aliphatic heterocycles. The molecule has 2 aromatic carbocycles. The van der Waals surface area contributed by atoms with E-state index in [1.165, 1.54) is 43.1 Å². The molecule has 1 amide bonds. The highest BCUT2D eigenvalue weighted by Crippen LogP contribution is 2.26. The molecular formula is C21H23N3O3S2. The third-order valence-corrected chi connectivity index (χ3v) is 6.96. The molecule has 1 aromatic heterocycles. The van der Waals surface area contributed by atoms with Gasteiger partial charge in [0.25, 0.3) is 5.91 Å². The van der Waals surface area contributed by atoms with E-state index >= 15 is 0 Å². The number of hydrogen-bond donors (Lipinski definition) is 1. The summed E-state index contributed by atoms with van der Waals surface area (Å²) in [6.07, 6.45) is 2.14. The molecule has 0 spiro atoms. The number of rotatable bonds is 7. The fourth-order valence-electron chi connectivity index (χ4n) is 2.77. The van der Waals surface area contributed by atoms with Crippen LogP contribution in [0.5, 0.6) is 0 Å². The lowest BCUT2D eigenvalue weighted by atomic mass is 10.1. The summed E-state index contributed by atoms with van der Waals surface area (Å²) < 4.78 is 25.7. The predicted molar refractivity (Wildman–Crippen MR) is 117 cm³/mol. The Kier molecular flexibility index (Phi) is 6.46. The molecule has 29 heavy (non-hydrogen) atoms. The average Bonchev–Trinajstić information content (AvgIpc) is 3.17. The van der Waals surface area contributed by atoms with Crippen molar-refractivity contribution < 1.29 is 13.2 Å². The highest BCUT2D eigenvalue weighted by molar-refractivity contribution is 7.89. The molecule has 3 aromatic rings. The highest BCUT2D eigenvalue weighted by Gasteiger charge is 2.19. The first kappa shape index (κ1) is 21.2. The quantitative estimate of drug-likeness (QED) is 0.608. The van der Waals surface area contributed by atoms with E-state index in [2.05, 4.69) is 29.4 Å². The Morgan fingerprint density at radius 1 is 1.14 bits per heavy atom. The van der Waals surface area contributed by atoms with E-state index in [1.807, 2.05) is 17.5 Å². The molecule has 1 N–H and O–H groups in total. The van der Waals surface area contributed by atoms with Crippen molar-refractivity contribution >= 4 is 32.4 Å². The average molecular weight is 430 g/mol. The van der Waals surface area contributed by atoms with E-state index in [1.54, 1.807) is 12.1 Å². The lowest BCUT2D eigenvalue weighted by Crippen LogP contribution is -2.22. The molecule has 0 fully saturated rings. The fraction of sp³-hybridized carbons (Fsp3) is 0.238. The number of nitrogens with one attached hydrogen (secondary N) is 1. The van der Waals surface area contributed by atoms with Crippen LogP contribution in [-0.2, 0) is 16.4 Å². The number of aryl methyl sites for hydroxylation is 1. The van der Waals surface area contributed by atoms with Crippen molar-refractivity contribution in [3.8, 4) is 11.3 Å². The number of carbonyl (C=O) groups excluding carboxylic acids is 1. The van der Waals surface area contributed by atoms with E-state index in [9.17, 15) is 13.2 Å². The van der Waals surface area contributed by atoms with E-state index < -0.39 is 15.9 Å². The van der Waals surface area contributed by atoms with Crippen molar-refractivity contribution in [3.63, 3.8) is 0 Å². The van der Waals surface area contributed by atoms with Gasteiger partial charge in [0.15, 0.2) is 5.13 Å². The van der Waals surface area contributed by atoms with E-state index in [-0.39, 0.29) is 10.5 Å². The second-order valence-electron chi connectivity index (χ2n) is 6.75. The second kappa shape index (κ2) is 8.86. The van der Waals surface area contributed by atoms with Gasteiger partial charge in [0.1, 0.15) is 0 Å². The summed E-state index contributed by atoms with van der Waals surface area (Å²) in [5, 5.41) is 5.10. The number of thiazole rings is 1. The number of sulfonamides is 1. The van der Waals surface area contributed by atoms with Gasteiger partial charge in [0.2, 0.25) is 10.0 Å². The molecule has 0 atom stereocenters. The van der Waals surface area contributed by atoms with Gasteiger partial charge in [-0.15, -0.1) is 11.3 Å². The first-order chi connectivity index (χ1) is 13.8. The molecular weight excluding hydrogens is 406 g/mol. The van der Waals surface area contributed by atoms with Gasteiger partial charge in [0.05, 0.1) is 10.6 Å². The molecule has 3 rings (SSSR count). The van der Waals surface area contributed by atoms with Crippen LogP contribution in [-0.4, -0.2) is 37.7 Å². The zero-order valence-electron chi connectivity index (χ0n) is 16.5. The molecule has 0 unspecified atom stereocenters. The smallest absolute Gasteiger partial charge is 0.257 e. The van der Waals surface area contributed by atoms with Crippen LogP contribution in [0.15, 0.2) is 58.8 Å². The molecule has 0 saturated heterocycles. The molecule has 1 heterocycles. The maximum absolute atomic E-state index is 12.6. The summed E-state index contributed by atoms with van der Waals surface area (Å²) in [6.45, 7) is 2.15. The monoisotopic (exact) mass is 429 g/mol. The zero-order valence-corrected chi connectivity index (χ0v) is 18.2. The Morgan fingerprint density at radius 2 is 1.86 bits per heavy atom. The van der Waals surface area contributed by atoms with Crippen molar-refractivity contribution in [2.45, 2.75) is 24.7 Å². The number of hydrogen-bond acceptors (Lipinski definition) is 5. The Labute approximate surface area is 175 Å². The summed E-state index contributed by atoms with van der Waals surface area (Å²) in [7, 11) is -0.701. The van der Waals surface area contributed by atoms with Crippen LogP contribution in [0.1, 0.15) is 29.3 Å². The maximum Gasteiger partial charge on any atom is 0.257 e. The molecule has 0 aliphatic rings. The largest absolute Gasteiger partial charge is 0.298 e. The first-order valence-electron chi connectivity index (χ1n) is 9.20. The van der Waals surface area contributed by atoms with Gasteiger partial charge in [-0.25, -0.2) is 17.7 Å². The summed E-state index contributed by atoms with van der Waals surface area (Å²) in [5.41, 5.74) is 3.32. The van der Waals surface area contributed by atoms with Gasteiger partial charge in [-0.3, -0.25) is 10.1 Å². The SMILES string of the molecule is CCCc1ccc(-c2csc(NC(=O)c3cccc(S(=O)(=O)N(C)C)c3)n2)cc1. The van der Waals surface area contributed by atoms with E-state index in [4.69, 9.17) is 0 Å². The lowest BCUT2D eigenvalue weighted by Gasteiger charge is -2.12. The van der Waals surface area contributed by atoms with Gasteiger partial charge in [-0.1, -0.05) is 43.7 Å². The van der Waals surface area contributed by atoms with E-state index in [0.29, 0.717) is 5.13 Å². The summed E-state index contributed by atoms with van der Waals surface area (Å²) in [4.78, 5) is 17.1. The van der Waals surface area contributed by atoms with Crippen molar-refractivity contribution in [2.24, 2.45) is 0 Å². The normalized spacial score (nSPS) is 11.6. The summed E-state index contributed by atoms with van der Waals surface area (Å²) >= 11 is 1.33. The minimum atomic E-state index is -3.61. The van der Waals surface area contributed by atoms with Crippen LogP contribution in [0.4, 0.5) is 5.13 Å². The molecule has 6 nitrogen and oxygen atoms in total. The predicted octanol–water partition coefficient (Wildman–Crippen LogP) is 4.27. The van der Waals surface area contributed by atoms with Crippen molar-refractivity contribution in [2.75, 3.05) is 19.4 Å². The Balaban J connectivity index is 1.75. The van der Waals surface area contributed by atoms with E-state index in [0.717, 1.165) is 28.4 Å². The fourth-order valence-corrected chi connectivity index (χ4v) is 4.44. The molecule has 0 bridgehead atoms. The summed E-state index contributed by atoms with van der Waals surface area (Å²) in [6, 6.07) is 14.2. The van der Waals surface area contributed by atoms with Gasteiger partial charge < -0.3 is 0 Å². The minimum absolute atomic E-state index is 0.0714. The third-order valence-electron chi connectivity index (χ3n) is 4.39. The maximum atomic E-state index is 12.6. The van der Waals surface area contributed by atoms with Crippen LogP contribution < -0.4 is 5.32 Å². The van der Waals surface area contributed by atoms with Gasteiger partial charge in [-0.05, 0) is 30.2 Å². The van der Waals surface area contributed by atoms with Gasteiger partial charge in [-0.2, -0.15) is 0 Å². The summed E-state index contributed by atoms with van der Waals surface area (Å²) in [5.74, 6) is -0.403. The molecule has 0 aliphatic carbocycles. The number of carbonyl (C=O) groups is 1. The second-order valence-corrected chi connectivity index (χ2v) is 9.76. The molecule has 152 valence electrons. The van der Waals surface area contributed by atoms with Crippen LogP contribution in [0, 0.1) is 0 Å². The van der Waals surface area contributed by atoms with Crippen LogP contribution >= 0.6 is 11.3 Å². The molecule has 0 radical (unpaired) electrons. The topological polar surface area (TPSA) is 79.4 Å². The number of nitrogens with zero attached hydrogens (tertiary/aromatic N) is 2. The zero-order chi connectivity index (χ0) is 21.0. The number of aromatic nitrogens is 1. The Bertz CT molecular complexity index is 1100. The van der Waals surface area contributed by atoms with Crippen molar-refractivity contribution in [1.29, 1.82) is 0 Å². The van der Waals surface area contributed by atoms with Crippen LogP contribution in [0.3, 0.4) is 0 Å².